The molecule has 5 heteroatoms. The Morgan fingerprint density at radius 1 is 1.08 bits per heavy atom. The average Bonchev–Trinajstić information content (AvgIpc) is 3.33. The number of rotatable bonds is 6. The van der Waals surface area contributed by atoms with Crippen molar-refractivity contribution in [3.8, 4) is 0 Å². The number of aromatic nitrogens is 4. The highest BCUT2D eigenvalue weighted by Crippen LogP contribution is 2.53. The largest absolute Gasteiger partial charge is 0.394 e. The van der Waals surface area contributed by atoms with E-state index in [1.807, 2.05) is 29.1 Å². The van der Waals surface area contributed by atoms with Gasteiger partial charge in [-0.1, -0.05) is 36.4 Å². The van der Waals surface area contributed by atoms with Crippen LogP contribution in [0.1, 0.15) is 41.0 Å². The monoisotopic (exact) mass is 320 g/mol. The lowest BCUT2D eigenvalue weighted by Gasteiger charge is -2.03. The highest BCUT2D eigenvalue weighted by molar-refractivity contribution is 5.31. The number of aliphatic hydroxyl groups is 1. The van der Waals surface area contributed by atoms with E-state index in [0.717, 1.165) is 23.6 Å². The van der Waals surface area contributed by atoms with Crippen LogP contribution >= 0.6 is 0 Å². The van der Waals surface area contributed by atoms with Crippen molar-refractivity contribution in [2.45, 2.75) is 31.2 Å². The summed E-state index contributed by atoms with van der Waals surface area (Å²) >= 11 is 0. The van der Waals surface area contributed by atoms with Crippen molar-refractivity contribution in [3.05, 3.63) is 77.6 Å². The van der Waals surface area contributed by atoms with Gasteiger partial charge in [-0.05, 0) is 29.5 Å². The third-order valence-electron chi connectivity index (χ3n) is 4.49. The molecule has 4 rings (SSSR count). The molecule has 1 fully saturated rings. The SMILES string of the molecule is OCCn1nc(Cc2cccnc2)nc1[C@@H]1C[C@H]1c1ccccc1. The van der Waals surface area contributed by atoms with Gasteiger partial charge in [-0.2, -0.15) is 5.10 Å². The minimum atomic E-state index is 0.0748. The molecule has 2 atom stereocenters. The van der Waals surface area contributed by atoms with Gasteiger partial charge >= 0.3 is 0 Å². The third kappa shape index (κ3) is 3.08. The summed E-state index contributed by atoms with van der Waals surface area (Å²) < 4.78 is 1.87. The second-order valence-corrected chi connectivity index (χ2v) is 6.23. The number of pyridine rings is 1. The molecule has 0 unspecified atom stereocenters. The normalized spacial score (nSPS) is 19.4. The fourth-order valence-electron chi connectivity index (χ4n) is 3.25. The topological polar surface area (TPSA) is 63.8 Å². The van der Waals surface area contributed by atoms with Crippen LogP contribution in [0.4, 0.5) is 0 Å². The highest BCUT2D eigenvalue weighted by Gasteiger charge is 2.43. The molecular formula is C19H20N4O. The summed E-state index contributed by atoms with van der Waals surface area (Å²) in [4.78, 5) is 8.92. The molecule has 122 valence electrons. The van der Waals surface area contributed by atoms with E-state index in [9.17, 15) is 5.11 Å². The van der Waals surface area contributed by atoms with Gasteiger partial charge < -0.3 is 5.11 Å². The van der Waals surface area contributed by atoms with E-state index in [0.29, 0.717) is 24.8 Å². The maximum absolute atomic E-state index is 9.33. The lowest BCUT2D eigenvalue weighted by molar-refractivity contribution is 0.266. The van der Waals surface area contributed by atoms with Crippen LogP contribution < -0.4 is 0 Å². The van der Waals surface area contributed by atoms with Crippen molar-refractivity contribution in [3.63, 3.8) is 0 Å². The number of hydrogen-bond donors (Lipinski definition) is 1. The van der Waals surface area contributed by atoms with E-state index in [1.165, 1.54) is 5.56 Å². The van der Waals surface area contributed by atoms with Crippen LogP contribution in [0, 0.1) is 0 Å². The summed E-state index contributed by atoms with van der Waals surface area (Å²) in [7, 11) is 0. The van der Waals surface area contributed by atoms with Crippen LogP contribution in [0.2, 0.25) is 0 Å². The molecule has 2 aromatic heterocycles. The van der Waals surface area contributed by atoms with Crippen molar-refractivity contribution < 1.29 is 5.11 Å². The standard InChI is InChI=1S/C19H20N4O/c24-10-9-23-19(17-12-16(17)15-6-2-1-3-7-15)21-18(22-23)11-14-5-4-8-20-13-14/h1-8,13,16-17,24H,9-12H2/t16-,17+/m0/s1. The Hall–Kier alpha value is -2.53. The van der Waals surface area contributed by atoms with Crippen molar-refractivity contribution in [2.75, 3.05) is 6.61 Å². The zero-order valence-electron chi connectivity index (χ0n) is 13.4. The van der Waals surface area contributed by atoms with Crippen molar-refractivity contribution in [1.29, 1.82) is 0 Å². The van der Waals surface area contributed by atoms with Gasteiger partial charge in [0.05, 0.1) is 13.2 Å². The Morgan fingerprint density at radius 2 is 1.96 bits per heavy atom. The molecule has 1 saturated carbocycles. The molecule has 5 nitrogen and oxygen atoms in total. The van der Waals surface area contributed by atoms with Gasteiger partial charge in [-0.15, -0.1) is 0 Å². The Labute approximate surface area is 141 Å². The van der Waals surface area contributed by atoms with Gasteiger partial charge in [0.25, 0.3) is 0 Å². The summed E-state index contributed by atoms with van der Waals surface area (Å²) in [5.41, 5.74) is 2.45. The summed E-state index contributed by atoms with van der Waals surface area (Å²) in [6, 6.07) is 14.5. The third-order valence-corrected chi connectivity index (χ3v) is 4.49. The molecule has 0 radical (unpaired) electrons. The molecule has 0 amide bonds. The average molecular weight is 320 g/mol. The molecule has 1 aliphatic rings. The van der Waals surface area contributed by atoms with E-state index in [-0.39, 0.29) is 6.61 Å². The predicted octanol–water partition coefficient (Wildman–Crippen LogP) is 2.53. The second kappa shape index (κ2) is 6.53. The fourth-order valence-corrected chi connectivity index (χ4v) is 3.25. The Morgan fingerprint density at radius 3 is 2.71 bits per heavy atom. The van der Waals surface area contributed by atoms with Gasteiger partial charge in [-0.3, -0.25) is 4.98 Å². The molecular weight excluding hydrogens is 300 g/mol. The first-order valence-electron chi connectivity index (χ1n) is 8.33. The van der Waals surface area contributed by atoms with Crippen LogP contribution in [-0.2, 0) is 13.0 Å². The smallest absolute Gasteiger partial charge is 0.155 e. The fraction of sp³-hybridized carbons (Fsp3) is 0.316. The molecule has 2 heterocycles. The van der Waals surface area contributed by atoms with Gasteiger partial charge in [-0.25, -0.2) is 9.67 Å². The maximum Gasteiger partial charge on any atom is 0.155 e. The van der Waals surface area contributed by atoms with Crippen LogP contribution in [0.3, 0.4) is 0 Å². The Kier molecular flexibility index (Phi) is 4.09. The molecule has 1 aliphatic carbocycles. The quantitative estimate of drug-likeness (QED) is 0.758. The van der Waals surface area contributed by atoms with Gasteiger partial charge in [0, 0.05) is 24.7 Å². The van der Waals surface area contributed by atoms with E-state index in [4.69, 9.17) is 4.98 Å². The van der Waals surface area contributed by atoms with Crippen LogP contribution in [0.15, 0.2) is 54.9 Å². The van der Waals surface area contributed by atoms with E-state index < -0.39 is 0 Å². The van der Waals surface area contributed by atoms with E-state index in [1.54, 1.807) is 6.20 Å². The molecule has 1 aromatic carbocycles. The molecule has 0 saturated heterocycles. The number of hydrogen-bond acceptors (Lipinski definition) is 4. The lowest BCUT2D eigenvalue weighted by Crippen LogP contribution is -2.08. The number of benzene rings is 1. The minimum absolute atomic E-state index is 0.0748. The maximum atomic E-state index is 9.33. The number of nitrogens with zero attached hydrogens (tertiary/aromatic N) is 4. The first-order valence-corrected chi connectivity index (χ1v) is 8.33. The molecule has 0 aliphatic heterocycles. The van der Waals surface area contributed by atoms with E-state index in [2.05, 4.69) is 34.3 Å². The Bertz CT molecular complexity index is 801. The second-order valence-electron chi connectivity index (χ2n) is 6.23. The number of aliphatic hydroxyl groups excluding tert-OH is 1. The van der Waals surface area contributed by atoms with Crippen LogP contribution in [-0.4, -0.2) is 31.5 Å². The van der Waals surface area contributed by atoms with Crippen molar-refractivity contribution in [1.82, 2.24) is 19.7 Å². The molecule has 0 spiro atoms. The lowest BCUT2D eigenvalue weighted by atomic mass is 10.1. The summed E-state index contributed by atoms with van der Waals surface area (Å²) in [6.45, 7) is 0.568. The Balaban J connectivity index is 1.56. The highest BCUT2D eigenvalue weighted by atomic mass is 16.3. The molecule has 24 heavy (non-hydrogen) atoms. The summed E-state index contributed by atoms with van der Waals surface area (Å²) in [6.07, 6.45) is 5.38. The molecule has 0 bridgehead atoms. The van der Waals surface area contributed by atoms with Gasteiger partial charge in [0.15, 0.2) is 5.82 Å². The van der Waals surface area contributed by atoms with Gasteiger partial charge in [0.2, 0.25) is 0 Å². The molecule has 3 aromatic rings. The van der Waals surface area contributed by atoms with Gasteiger partial charge in [0.1, 0.15) is 5.82 Å². The van der Waals surface area contributed by atoms with Crippen LogP contribution in [0.5, 0.6) is 0 Å². The zero-order chi connectivity index (χ0) is 16.4. The predicted molar refractivity (Wildman–Crippen MR) is 90.7 cm³/mol. The zero-order valence-corrected chi connectivity index (χ0v) is 13.4. The van der Waals surface area contributed by atoms with Crippen LogP contribution in [0.25, 0.3) is 0 Å². The summed E-state index contributed by atoms with van der Waals surface area (Å²) in [5, 5.41) is 13.9. The minimum Gasteiger partial charge on any atom is -0.394 e. The first kappa shape index (κ1) is 15.0. The summed E-state index contributed by atoms with van der Waals surface area (Å²) in [5.74, 6) is 2.70. The first-order chi connectivity index (χ1) is 11.8. The van der Waals surface area contributed by atoms with Crippen molar-refractivity contribution in [2.24, 2.45) is 0 Å². The van der Waals surface area contributed by atoms with Crippen molar-refractivity contribution >= 4 is 0 Å². The van der Waals surface area contributed by atoms with E-state index >= 15 is 0 Å². The molecule has 1 N–H and O–H groups in total.